The van der Waals surface area contributed by atoms with Crippen LogP contribution in [-0.2, 0) is 6.61 Å². The normalized spacial score (nSPS) is 10.6. The monoisotopic (exact) mass is 374 g/mol. The Morgan fingerprint density at radius 3 is 2.39 bits per heavy atom. The van der Waals surface area contributed by atoms with E-state index >= 15 is 0 Å². The molecule has 0 unspecified atom stereocenters. The topological polar surface area (TPSA) is 44.8 Å². The Morgan fingerprint density at radius 1 is 0.857 bits per heavy atom. The number of allylic oxidation sites excluding steroid dienone is 1. The number of hydrogen-bond donors (Lipinski definition) is 0. The second kappa shape index (κ2) is 9.42. The lowest BCUT2D eigenvalue weighted by Gasteiger charge is -2.11. The Kier molecular flexibility index (Phi) is 6.47. The summed E-state index contributed by atoms with van der Waals surface area (Å²) in [6.45, 7) is 0.374. The van der Waals surface area contributed by atoms with Crippen LogP contribution in [0.2, 0.25) is 0 Å². The molecule has 0 atom stereocenters. The third-order valence-electron chi connectivity index (χ3n) is 4.22. The molecular formula is C24H22O4. The van der Waals surface area contributed by atoms with Crippen molar-refractivity contribution in [1.82, 2.24) is 0 Å². The van der Waals surface area contributed by atoms with Crippen molar-refractivity contribution in [1.29, 1.82) is 0 Å². The SMILES string of the molecule is COc1cccc(C(=O)/C=C/c2ccc(OC)c(COc3ccccc3)c2)c1. The zero-order valence-corrected chi connectivity index (χ0v) is 15.9. The molecular weight excluding hydrogens is 352 g/mol. The van der Waals surface area contributed by atoms with E-state index in [1.807, 2.05) is 54.6 Å². The minimum atomic E-state index is -0.0863. The predicted octanol–water partition coefficient (Wildman–Crippen LogP) is 5.18. The second-order valence-electron chi connectivity index (χ2n) is 6.10. The number of para-hydroxylation sites is 1. The first kappa shape index (κ1) is 19.2. The fourth-order valence-corrected chi connectivity index (χ4v) is 2.74. The highest BCUT2D eigenvalue weighted by Crippen LogP contribution is 2.23. The molecule has 4 nitrogen and oxygen atoms in total. The van der Waals surface area contributed by atoms with Crippen molar-refractivity contribution in [3.8, 4) is 17.2 Å². The predicted molar refractivity (Wildman–Crippen MR) is 110 cm³/mol. The summed E-state index contributed by atoms with van der Waals surface area (Å²) in [4.78, 5) is 12.4. The van der Waals surface area contributed by atoms with Gasteiger partial charge in [0.15, 0.2) is 5.78 Å². The van der Waals surface area contributed by atoms with Gasteiger partial charge in [-0.25, -0.2) is 0 Å². The molecule has 0 spiro atoms. The van der Waals surface area contributed by atoms with E-state index < -0.39 is 0 Å². The molecule has 0 aliphatic rings. The van der Waals surface area contributed by atoms with Gasteiger partial charge in [-0.2, -0.15) is 0 Å². The molecule has 0 aliphatic heterocycles. The number of carbonyl (C=O) groups is 1. The summed E-state index contributed by atoms with van der Waals surface area (Å²) in [5.41, 5.74) is 2.38. The van der Waals surface area contributed by atoms with Gasteiger partial charge in [0.1, 0.15) is 23.9 Å². The van der Waals surface area contributed by atoms with Crippen LogP contribution in [-0.4, -0.2) is 20.0 Å². The van der Waals surface area contributed by atoms with E-state index in [1.165, 1.54) is 0 Å². The van der Waals surface area contributed by atoms with Crippen LogP contribution in [0, 0.1) is 0 Å². The number of rotatable bonds is 8. The van der Waals surface area contributed by atoms with Crippen molar-refractivity contribution >= 4 is 11.9 Å². The van der Waals surface area contributed by atoms with Crippen LogP contribution in [0.25, 0.3) is 6.08 Å². The molecule has 142 valence electrons. The first-order valence-electron chi connectivity index (χ1n) is 8.91. The molecule has 0 aliphatic carbocycles. The van der Waals surface area contributed by atoms with Gasteiger partial charge in [0, 0.05) is 11.1 Å². The molecule has 3 aromatic carbocycles. The molecule has 0 N–H and O–H groups in total. The Bertz CT molecular complexity index is 961. The summed E-state index contributed by atoms with van der Waals surface area (Å²) in [5, 5.41) is 0. The fourth-order valence-electron chi connectivity index (χ4n) is 2.74. The Hall–Kier alpha value is -3.53. The molecule has 0 bridgehead atoms. The van der Waals surface area contributed by atoms with E-state index in [0.29, 0.717) is 17.9 Å². The number of ether oxygens (including phenoxy) is 3. The van der Waals surface area contributed by atoms with Crippen molar-refractivity contribution in [2.24, 2.45) is 0 Å². The maximum absolute atomic E-state index is 12.4. The van der Waals surface area contributed by atoms with Gasteiger partial charge in [-0.15, -0.1) is 0 Å². The van der Waals surface area contributed by atoms with Crippen LogP contribution in [0.4, 0.5) is 0 Å². The molecule has 3 rings (SSSR count). The van der Waals surface area contributed by atoms with Crippen molar-refractivity contribution in [2.75, 3.05) is 14.2 Å². The van der Waals surface area contributed by atoms with Gasteiger partial charge in [0.2, 0.25) is 0 Å². The highest BCUT2D eigenvalue weighted by atomic mass is 16.5. The lowest BCUT2D eigenvalue weighted by molar-refractivity contribution is 0.104. The molecule has 28 heavy (non-hydrogen) atoms. The fraction of sp³-hybridized carbons (Fsp3) is 0.125. The number of hydrogen-bond acceptors (Lipinski definition) is 4. The Labute approximate surface area is 165 Å². The summed E-state index contributed by atoms with van der Waals surface area (Å²) in [6, 6.07) is 22.4. The van der Waals surface area contributed by atoms with Gasteiger partial charge >= 0.3 is 0 Å². The molecule has 4 heteroatoms. The Balaban J connectivity index is 1.74. The molecule has 3 aromatic rings. The van der Waals surface area contributed by atoms with Gasteiger partial charge in [-0.05, 0) is 48.0 Å². The van der Waals surface area contributed by atoms with E-state index in [9.17, 15) is 4.79 Å². The van der Waals surface area contributed by atoms with Gasteiger partial charge in [-0.3, -0.25) is 4.79 Å². The first-order valence-corrected chi connectivity index (χ1v) is 8.91. The van der Waals surface area contributed by atoms with Crippen LogP contribution in [0.5, 0.6) is 17.2 Å². The highest BCUT2D eigenvalue weighted by molar-refractivity contribution is 6.07. The molecule has 0 aromatic heterocycles. The quantitative estimate of drug-likeness (QED) is 0.403. The average Bonchev–Trinajstić information content (AvgIpc) is 2.76. The maximum Gasteiger partial charge on any atom is 0.185 e. The van der Waals surface area contributed by atoms with Crippen molar-refractivity contribution in [3.05, 3.63) is 95.6 Å². The van der Waals surface area contributed by atoms with Crippen molar-refractivity contribution in [3.63, 3.8) is 0 Å². The van der Waals surface area contributed by atoms with E-state index in [4.69, 9.17) is 14.2 Å². The standard InChI is InChI=1S/C24H22O4/c1-26-22-10-6-7-19(16-22)23(25)13-11-18-12-14-24(27-2)20(15-18)17-28-21-8-4-3-5-9-21/h3-16H,17H2,1-2H3/b13-11+. The van der Waals surface area contributed by atoms with Crippen LogP contribution in [0.3, 0.4) is 0 Å². The highest BCUT2D eigenvalue weighted by Gasteiger charge is 2.06. The second-order valence-corrected chi connectivity index (χ2v) is 6.10. The number of benzene rings is 3. The smallest absolute Gasteiger partial charge is 0.185 e. The summed E-state index contributed by atoms with van der Waals surface area (Å²) >= 11 is 0. The summed E-state index contributed by atoms with van der Waals surface area (Å²) in [7, 11) is 3.21. The molecule has 0 amide bonds. The summed E-state index contributed by atoms with van der Waals surface area (Å²) in [5.74, 6) is 2.10. The number of methoxy groups -OCH3 is 2. The van der Waals surface area contributed by atoms with Gasteiger partial charge in [-0.1, -0.05) is 42.5 Å². The molecule has 0 saturated heterocycles. The number of ketones is 1. The molecule has 0 radical (unpaired) electrons. The molecule has 0 heterocycles. The largest absolute Gasteiger partial charge is 0.497 e. The summed E-state index contributed by atoms with van der Waals surface area (Å²) in [6.07, 6.45) is 3.34. The maximum atomic E-state index is 12.4. The minimum Gasteiger partial charge on any atom is -0.497 e. The first-order chi connectivity index (χ1) is 13.7. The van der Waals surface area contributed by atoms with Crippen molar-refractivity contribution < 1.29 is 19.0 Å². The van der Waals surface area contributed by atoms with E-state index in [1.54, 1.807) is 44.6 Å². The number of carbonyl (C=O) groups excluding carboxylic acids is 1. The van der Waals surface area contributed by atoms with E-state index in [0.717, 1.165) is 22.6 Å². The van der Waals surface area contributed by atoms with Gasteiger partial charge in [0.25, 0.3) is 0 Å². The van der Waals surface area contributed by atoms with Crippen LogP contribution >= 0.6 is 0 Å². The van der Waals surface area contributed by atoms with Crippen LogP contribution < -0.4 is 14.2 Å². The molecule has 0 fully saturated rings. The summed E-state index contributed by atoms with van der Waals surface area (Å²) < 4.78 is 16.4. The lowest BCUT2D eigenvalue weighted by atomic mass is 10.1. The van der Waals surface area contributed by atoms with Crippen LogP contribution in [0.1, 0.15) is 21.5 Å². The average molecular weight is 374 g/mol. The third-order valence-corrected chi connectivity index (χ3v) is 4.22. The van der Waals surface area contributed by atoms with Crippen molar-refractivity contribution in [2.45, 2.75) is 6.61 Å². The zero-order chi connectivity index (χ0) is 19.8. The molecule has 0 saturated carbocycles. The van der Waals surface area contributed by atoms with Gasteiger partial charge in [0.05, 0.1) is 14.2 Å². The minimum absolute atomic E-state index is 0.0863. The van der Waals surface area contributed by atoms with E-state index in [2.05, 4.69) is 0 Å². The third kappa shape index (κ3) is 5.01. The Morgan fingerprint density at radius 2 is 1.64 bits per heavy atom. The van der Waals surface area contributed by atoms with Crippen LogP contribution in [0.15, 0.2) is 78.9 Å². The lowest BCUT2D eigenvalue weighted by Crippen LogP contribution is -1.99. The van der Waals surface area contributed by atoms with Gasteiger partial charge < -0.3 is 14.2 Å². The van der Waals surface area contributed by atoms with E-state index in [-0.39, 0.29) is 5.78 Å². The zero-order valence-electron chi connectivity index (χ0n) is 15.9.